The third kappa shape index (κ3) is 3.16. The van der Waals surface area contributed by atoms with Gasteiger partial charge in [-0.05, 0) is 43.7 Å². The van der Waals surface area contributed by atoms with Gasteiger partial charge in [-0.2, -0.15) is 0 Å². The van der Waals surface area contributed by atoms with Gasteiger partial charge in [-0.1, -0.05) is 50.0 Å². The second kappa shape index (κ2) is 6.10. The Morgan fingerprint density at radius 3 is 2.83 bits per heavy atom. The first-order valence-electron chi connectivity index (χ1n) is 7.30. The molecule has 1 aliphatic carbocycles. The molecule has 1 unspecified atom stereocenters. The molecule has 0 heteroatoms. The minimum atomic E-state index is 0.247. The molecular formula is C18H24. The van der Waals surface area contributed by atoms with Gasteiger partial charge >= 0.3 is 0 Å². The van der Waals surface area contributed by atoms with Gasteiger partial charge in [0, 0.05) is 11.8 Å². The third-order valence-electron chi connectivity index (χ3n) is 4.08. The first kappa shape index (κ1) is 13.2. The highest BCUT2D eigenvalue weighted by Crippen LogP contribution is 2.36. The van der Waals surface area contributed by atoms with Gasteiger partial charge in [0.05, 0.1) is 0 Å². The zero-order chi connectivity index (χ0) is 12.8. The molecule has 1 atom stereocenters. The van der Waals surface area contributed by atoms with Gasteiger partial charge in [-0.15, -0.1) is 5.92 Å². The summed E-state index contributed by atoms with van der Waals surface area (Å²) in [4.78, 5) is 0. The molecule has 0 spiro atoms. The van der Waals surface area contributed by atoms with E-state index in [1.165, 1.54) is 43.2 Å². The molecule has 0 amide bonds. The maximum atomic E-state index is 3.62. The van der Waals surface area contributed by atoms with Crippen LogP contribution >= 0.6 is 0 Å². The molecule has 1 aliphatic rings. The highest BCUT2D eigenvalue weighted by atomic mass is 14.3. The molecule has 0 N–H and O–H groups in total. The summed E-state index contributed by atoms with van der Waals surface area (Å²) >= 11 is 0. The summed E-state index contributed by atoms with van der Waals surface area (Å²) in [6, 6.07) is 8.79. The SMILES string of the molecule is CCCC1(Cc2ccccc2C)C#CCCCC1. The van der Waals surface area contributed by atoms with Crippen LogP contribution in [0.2, 0.25) is 0 Å². The van der Waals surface area contributed by atoms with Gasteiger partial charge < -0.3 is 0 Å². The van der Waals surface area contributed by atoms with Crippen molar-refractivity contribution < 1.29 is 0 Å². The predicted molar refractivity (Wildman–Crippen MR) is 78.5 cm³/mol. The average Bonchev–Trinajstić information content (AvgIpc) is 2.59. The molecule has 96 valence electrons. The molecule has 0 bridgehead atoms. The molecule has 1 aromatic carbocycles. The van der Waals surface area contributed by atoms with Crippen molar-refractivity contribution in [2.75, 3.05) is 0 Å². The van der Waals surface area contributed by atoms with E-state index in [4.69, 9.17) is 0 Å². The topological polar surface area (TPSA) is 0 Å². The Morgan fingerprint density at radius 1 is 1.22 bits per heavy atom. The first-order chi connectivity index (χ1) is 8.76. The van der Waals surface area contributed by atoms with Crippen molar-refractivity contribution >= 4 is 0 Å². The van der Waals surface area contributed by atoms with Crippen molar-refractivity contribution in [3.05, 3.63) is 35.4 Å². The Labute approximate surface area is 112 Å². The van der Waals surface area contributed by atoms with E-state index in [-0.39, 0.29) is 5.41 Å². The minimum Gasteiger partial charge on any atom is -0.103 e. The molecule has 0 saturated carbocycles. The van der Waals surface area contributed by atoms with Crippen molar-refractivity contribution in [1.82, 2.24) is 0 Å². The molecule has 0 radical (unpaired) electrons. The third-order valence-corrected chi connectivity index (χ3v) is 4.08. The summed E-state index contributed by atoms with van der Waals surface area (Å²) in [5.41, 5.74) is 3.15. The largest absolute Gasteiger partial charge is 0.103 e. The van der Waals surface area contributed by atoms with Crippen LogP contribution < -0.4 is 0 Å². The number of hydrogen-bond donors (Lipinski definition) is 0. The summed E-state index contributed by atoms with van der Waals surface area (Å²) in [7, 11) is 0. The molecule has 0 heterocycles. The molecule has 1 aromatic rings. The Morgan fingerprint density at radius 2 is 2.06 bits per heavy atom. The van der Waals surface area contributed by atoms with Crippen LogP contribution in [0, 0.1) is 24.2 Å². The van der Waals surface area contributed by atoms with Gasteiger partial charge in [0.1, 0.15) is 0 Å². The zero-order valence-corrected chi connectivity index (χ0v) is 11.8. The number of rotatable bonds is 4. The lowest BCUT2D eigenvalue weighted by atomic mass is 9.74. The maximum absolute atomic E-state index is 3.62. The fourth-order valence-corrected chi connectivity index (χ4v) is 3.05. The standard InChI is InChI=1S/C18H24/c1-3-12-18(13-8-4-5-9-14-18)15-17-11-7-6-10-16(17)2/h6-7,10-11H,3-5,8,12-13,15H2,1-2H3. The van der Waals surface area contributed by atoms with Gasteiger partial charge in [0.2, 0.25) is 0 Å². The quantitative estimate of drug-likeness (QED) is 0.657. The minimum absolute atomic E-state index is 0.247. The van der Waals surface area contributed by atoms with Crippen LogP contribution in [0.5, 0.6) is 0 Å². The van der Waals surface area contributed by atoms with E-state index >= 15 is 0 Å². The van der Waals surface area contributed by atoms with Crippen molar-refractivity contribution in [2.24, 2.45) is 5.41 Å². The van der Waals surface area contributed by atoms with Crippen LogP contribution in [-0.2, 0) is 6.42 Å². The van der Waals surface area contributed by atoms with Gasteiger partial charge in [-0.25, -0.2) is 0 Å². The predicted octanol–water partition coefficient (Wildman–Crippen LogP) is 4.90. The molecule has 0 aliphatic heterocycles. The number of aryl methyl sites for hydroxylation is 1. The monoisotopic (exact) mass is 240 g/mol. The highest BCUT2D eigenvalue weighted by molar-refractivity contribution is 5.29. The van der Waals surface area contributed by atoms with Crippen molar-refractivity contribution in [2.45, 2.75) is 58.8 Å². The second-order valence-corrected chi connectivity index (χ2v) is 5.64. The Balaban J connectivity index is 2.24. The Bertz CT molecular complexity index is 447. The van der Waals surface area contributed by atoms with Crippen LogP contribution in [-0.4, -0.2) is 0 Å². The number of hydrogen-bond acceptors (Lipinski definition) is 0. The van der Waals surface area contributed by atoms with E-state index in [0.29, 0.717) is 0 Å². The molecule has 0 fully saturated rings. The summed E-state index contributed by atoms with van der Waals surface area (Å²) < 4.78 is 0. The summed E-state index contributed by atoms with van der Waals surface area (Å²) in [5, 5.41) is 0. The van der Waals surface area contributed by atoms with Gasteiger partial charge in [0.15, 0.2) is 0 Å². The van der Waals surface area contributed by atoms with Crippen LogP contribution in [0.15, 0.2) is 24.3 Å². The van der Waals surface area contributed by atoms with Crippen LogP contribution in [0.25, 0.3) is 0 Å². The molecule has 0 aromatic heterocycles. The van der Waals surface area contributed by atoms with E-state index in [9.17, 15) is 0 Å². The van der Waals surface area contributed by atoms with E-state index in [1.54, 1.807) is 0 Å². The molecule has 0 saturated heterocycles. The van der Waals surface area contributed by atoms with Gasteiger partial charge in [0.25, 0.3) is 0 Å². The smallest absolute Gasteiger partial charge is 0.0355 e. The first-order valence-corrected chi connectivity index (χ1v) is 7.30. The summed E-state index contributed by atoms with van der Waals surface area (Å²) in [5.74, 6) is 7.03. The Kier molecular flexibility index (Phi) is 4.48. The van der Waals surface area contributed by atoms with Crippen LogP contribution in [0.3, 0.4) is 0 Å². The van der Waals surface area contributed by atoms with Crippen molar-refractivity contribution in [1.29, 1.82) is 0 Å². The second-order valence-electron chi connectivity index (χ2n) is 5.64. The zero-order valence-electron chi connectivity index (χ0n) is 11.8. The lowest BCUT2D eigenvalue weighted by Crippen LogP contribution is -2.22. The lowest BCUT2D eigenvalue weighted by Gasteiger charge is -2.28. The normalized spacial score (nSPS) is 23.0. The molecule has 0 nitrogen and oxygen atoms in total. The molecule has 2 rings (SSSR count). The highest BCUT2D eigenvalue weighted by Gasteiger charge is 2.28. The van der Waals surface area contributed by atoms with Crippen molar-refractivity contribution in [3.63, 3.8) is 0 Å². The summed E-state index contributed by atoms with van der Waals surface area (Å²) in [6.45, 7) is 4.51. The van der Waals surface area contributed by atoms with Crippen molar-refractivity contribution in [3.8, 4) is 11.8 Å². The number of benzene rings is 1. The van der Waals surface area contributed by atoms with E-state index in [2.05, 4.69) is 50.0 Å². The maximum Gasteiger partial charge on any atom is 0.0355 e. The van der Waals surface area contributed by atoms with E-state index in [0.717, 1.165) is 12.8 Å². The molecule has 18 heavy (non-hydrogen) atoms. The lowest BCUT2D eigenvalue weighted by molar-refractivity contribution is 0.325. The fraction of sp³-hybridized carbons (Fsp3) is 0.556. The van der Waals surface area contributed by atoms with Crippen LogP contribution in [0.4, 0.5) is 0 Å². The fourth-order valence-electron chi connectivity index (χ4n) is 3.05. The average molecular weight is 240 g/mol. The van der Waals surface area contributed by atoms with E-state index in [1.807, 2.05) is 0 Å². The summed E-state index contributed by atoms with van der Waals surface area (Å²) in [6.07, 6.45) is 8.61. The van der Waals surface area contributed by atoms with Crippen LogP contribution in [0.1, 0.15) is 56.6 Å². The van der Waals surface area contributed by atoms with E-state index < -0.39 is 0 Å². The molecular weight excluding hydrogens is 216 g/mol. The van der Waals surface area contributed by atoms with Gasteiger partial charge in [-0.3, -0.25) is 0 Å². The Hall–Kier alpha value is -1.22.